The zero-order valence-corrected chi connectivity index (χ0v) is 15.5. The van der Waals surface area contributed by atoms with E-state index in [1.807, 2.05) is 0 Å². The number of thioether (sulfide) groups is 1. The molecule has 1 aromatic heterocycles. The van der Waals surface area contributed by atoms with Crippen LogP contribution in [0.25, 0.3) is 0 Å². The lowest BCUT2D eigenvalue weighted by Crippen LogP contribution is -2.48. The van der Waals surface area contributed by atoms with E-state index in [1.165, 1.54) is 17.0 Å². The summed E-state index contributed by atoms with van der Waals surface area (Å²) < 4.78 is 44.2. The third-order valence-corrected chi connectivity index (χ3v) is 4.57. The van der Waals surface area contributed by atoms with Gasteiger partial charge in [-0.25, -0.2) is 4.79 Å². The summed E-state index contributed by atoms with van der Waals surface area (Å²) in [5, 5.41) is 11.8. The van der Waals surface area contributed by atoms with E-state index in [2.05, 4.69) is 20.8 Å². The van der Waals surface area contributed by atoms with Crippen LogP contribution in [0.3, 0.4) is 0 Å². The number of alkyl halides is 3. The Hall–Kier alpha value is -3.09. The van der Waals surface area contributed by atoms with Gasteiger partial charge in [-0.1, -0.05) is 23.9 Å². The highest BCUT2D eigenvalue weighted by Crippen LogP contribution is 2.34. The fourth-order valence-electron chi connectivity index (χ4n) is 2.43. The molecule has 4 amide bonds. The van der Waals surface area contributed by atoms with Crippen molar-refractivity contribution in [1.82, 2.24) is 20.4 Å². The van der Waals surface area contributed by atoms with Crippen LogP contribution >= 0.6 is 11.8 Å². The molecule has 1 saturated heterocycles. The Morgan fingerprint density at radius 3 is 2.76 bits per heavy atom. The lowest BCUT2D eigenvalue weighted by molar-refractivity contribution is -0.137. The Labute approximate surface area is 166 Å². The van der Waals surface area contributed by atoms with Crippen LogP contribution in [0.1, 0.15) is 17.9 Å². The fraction of sp³-hybridized carbons (Fsp3) is 0.312. The van der Waals surface area contributed by atoms with Crippen molar-refractivity contribution in [2.45, 2.75) is 24.4 Å². The number of anilines is 1. The lowest BCUT2D eigenvalue weighted by Gasteiger charge is -2.24. The molecule has 2 N–H and O–H groups in total. The van der Waals surface area contributed by atoms with Crippen molar-refractivity contribution in [1.29, 1.82) is 0 Å². The van der Waals surface area contributed by atoms with Gasteiger partial charge >= 0.3 is 12.2 Å². The number of hydrogen-bond donors (Lipinski definition) is 2. The largest absolute Gasteiger partial charge is 0.418 e. The zero-order chi connectivity index (χ0) is 21.0. The van der Waals surface area contributed by atoms with Crippen molar-refractivity contribution in [3.63, 3.8) is 0 Å². The summed E-state index contributed by atoms with van der Waals surface area (Å²) in [6.45, 7) is 0.189. The highest BCUT2D eigenvalue weighted by atomic mass is 32.2. The monoisotopic (exact) mass is 429 g/mol. The topological polar surface area (TPSA) is 117 Å². The molecule has 1 aliphatic heterocycles. The molecule has 0 unspecified atom stereocenters. The number of nitrogens with zero attached hydrogens (tertiary/aromatic N) is 3. The maximum absolute atomic E-state index is 13.0. The molecule has 0 aliphatic carbocycles. The Balaban J connectivity index is 1.53. The molecule has 0 radical (unpaired) electrons. The predicted molar refractivity (Wildman–Crippen MR) is 93.7 cm³/mol. The molecule has 0 atom stereocenters. The second kappa shape index (κ2) is 8.51. The van der Waals surface area contributed by atoms with Gasteiger partial charge in [-0.15, -0.1) is 10.2 Å². The van der Waals surface area contributed by atoms with E-state index < -0.39 is 23.7 Å². The zero-order valence-electron chi connectivity index (χ0n) is 14.7. The number of hydrogen-bond acceptors (Lipinski definition) is 7. The van der Waals surface area contributed by atoms with Gasteiger partial charge in [0.15, 0.2) is 0 Å². The van der Waals surface area contributed by atoms with Gasteiger partial charge in [0.2, 0.25) is 17.7 Å². The molecule has 2 aromatic rings. The summed E-state index contributed by atoms with van der Waals surface area (Å²) >= 11 is 0.838. The number of para-hydroxylation sites is 1. The number of carbonyl (C=O) groups excluding carboxylic acids is 3. The van der Waals surface area contributed by atoms with Crippen LogP contribution in [0, 0.1) is 0 Å². The molecule has 0 saturated carbocycles. The van der Waals surface area contributed by atoms with E-state index in [4.69, 9.17) is 4.42 Å². The molecular formula is C16H14F3N5O4S. The lowest BCUT2D eigenvalue weighted by atomic mass is 10.1. The van der Waals surface area contributed by atoms with Crippen LogP contribution in [0.5, 0.6) is 0 Å². The van der Waals surface area contributed by atoms with E-state index in [0.717, 1.165) is 23.9 Å². The molecule has 2 heterocycles. The van der Waals surface area contributed by atoms with Gasteiger partial charge in [-0.05, 0) is 12.1 Å². The Bertz CT molecular complexity index is 933. The van der Waals surface area contributed by atoms with Crippen LogP contribution in [0.15, 0.2) is 33.9 Å². The highest BCUT2D eigenvalue weighted by Gasteiger charge is 2.33. The van der Waals surface area contributed by atoms with Crippen LogP contribution in [0.2, 0.25) is 0 Å². The van der Waals surface area contributed by atoms with Gasteiger partial charge in [0.25, 0.3) is 5.22 Å². The fourth-order valence-corrected chi connectivity index (χ4v) is 3.01. The quantitative estimate of drug-likeness (QED) is 0.677. The van der Waals surface area contributed by atoms with E-state index in [-0.39, 0.29) is 48.0 Å². The second-order valence-electron chi connectivity index (χ2n) is 5.87. The predicted octanol–water partition coefficient (Wildman–Crippen LogP) is 2.26. The van der Waals surface area contributed by atoms with Crippen molar-refractivity contribution in [2.24, 2.45) is 0 Å². The Morgan fingerprint density at radius 2 is 2.03 bits per heavy atom. The first-order valence-corrected chi connectivity index (χ1v) is 9.21. The standard InChI is InChI=1S/C16H14F3N5O4S/c17-16(18,19)9-3-1-2-4-10(9)20-12(26)8-29-15-23-22-13(28-15)7-24-6-5-11(25)21-14(24)27/h1-4H,5-8H2,(H,20,26)(H,21,25,27). The molecule has 29 heavy (non-hydrogen) atoms. The summed E-state index contributed by atoms with van der Waals surface area (Å²) in [6, 6.07) is 4.07. The van der Waals surface area contributed by atoms with Crippen LogP contribution in [-0.2, 0) is 22.3 Å². The molecule has 154 valence electrons. The maximum Gasteiger partial charge on any atom is 0.418 e. The first-order chi connectivity index (χ1) is 13.7. The highest BCUT2D eigenvalue weighted by molar-refractivity contribution is 7.99. The van der Waals surface area contributed by atoms with E-state index in [9.17, 15) is 27.6 Å². The van der Waals surface area contributed by atoms with Crippen molar-refractivity contribution in [3.8, 4) is 0 Å². The summed E-state index contributed by atoms with van der Waals surface area (Å²) in [4.78, 5) is 36.1. The second-order valence-corrected chi connectivity index (χ2v) is 6.79. The molecular weight excluding hydrogens is 415 g/mol. The van der Waals surface area contributed by atoms with Gasteiger partial charge in [0.05, 0.1) is 17.0 Å². The molecule has 13 heteroatoms. The minimum Gasteiger partial charge on any atom is -0.414 e. The van der Waals surface area contributed by atoms with Gasteiger partial charge in [0.1, 0.15) is 6.54 Å². The summed E-state index contributed by atoms with van der Waals surface area (Å²) in [5.74, 6) is -1.21. The van der Waals surface area contributed by atoms with Crippen molar-refractivity contribution in [2.75, 3.05) is 17.6 Å². The number of amides is 4. The minimum absolute atomic E-state index is 0.0160. The molecule has 9 nitrogen and oxygen atoms in total. The first-order valence-electron chi connectivity index (χ1n) is 8.22. The summed E-state index contributed by atoms with van der Waals surface area (Å²) in [7, 11) is 0. The molecule has 1 aliphatic rings. The number of carbonyl (C=O) groups is 3. The van der Waals surface area contributed by atoms with E-state index >= 15 is 0 Å². The Morgan fingerprint density at radius 1 is 1.28 bits per heavy atom. The van der Waals surface area contributed by atoms with Crippen LogP contribution in [-0.4, -0.2) is 45.2 Å². The minimum atomic E-state index is -4.59. The number of nitrogens with one attached hydrogen (secondary N) is 2. The molecule has 1 aromatic carbocycles. The van der Waals surface area contributed by atoms with Crippen molar-refractivity contribution in [3.05, 3.63) is 35.7 Å². The van der Waals surface area contributed by atoms with Crippen LogP contribution in [0.4, 0.5) is 23.7 Å². The van der Waals surface area contributed by atoms with E-state index in [0.29, 0.717) is 0 Å². The van der Waals surface area contributed by atoms with E-state index in [1.54, 1.807) is 0 Å². The molecule has 1 fully saturated rings. The van der Waals surface area contributed by atoms with Crippen LogP contribution < -0.4 is 10.6 Å². The number of rotatable bonds is 6. The van der Waals surface area contributed by atoms with Gasteiger partial charge in [-0.2, -0.15) is 13.2 Å². The third kappa shape index (κ3) is 5.47. The SMILES string of the molecule is O=C1CCN(Cc2nnc(SCC(=O)Nc3ccccc3C(F)(F)F)o2)C(=O)N1. The normalized spacial score (nSPS) is 14.7. The number of imide groups is 1. The molecule has 3 rings (SSSR count). The van der Waals surface area contributed by atoms with Crippen molar-refractivity contribution < 1.29 is 32.0 Å². The first kappa shape index (κ1) is 20.6. The smallest absolute Gasteiger partial charge is 0.414 e. The summed E-state index contributed by atoms with van der Waals surface area (Å²) in [6.07, 6.45) is -4.44. The Kier molecular flexibility index (Phi) is 6.06. The van der Waals surface area contributed by atoms with Gasteiger partial charge in [-0.3, -0.25) is 14.9 Å². The number of benzene rings is 1. The van der Waals surface area contributed by atoms with Gasteiger partial charge in [0, 0.05) is 13.0 Å². The summed E-state index contributed by atoms with van der Waals surface area (Å²) in [5.41, 5.74) is -1.29. The number of aromatic nitrogens is 2. The van der Waals surface area contributed by atoms with Crippen molar-refractivity contribution >= 4 is 35.3 Å². The third-order valence-electron chi connectivity index (χ3n) is 3.75. The number of halogens is 3. The number of urea groups is 1. The average Bonchev–Trinajstić information content (AvgIpc) is 3.09. The average molecular weight is 429 g/mol. The van der Waals surface area contributed by atoms with Gasteiger partial charge < -0.3 is 14.6 Å². The maximum atomic E-state index is 13.0. The molecule has 0 spiro atoms. The molecule has 0 bridgehead atoms.